The van der Waals surface area contributed by atoms with Gasteiger partial charge in [0.15, 0.2) is 0 Å². The number of aryl methyl sites for hydroxylation is 1. The van der Waals surface area contributed by atoms with E-state index in [0.29, 0.717) is 18.6 Å². The lowest BCUT2D eigenvalue weighted by atomic mass is 10.1. The van der Waals surface area contributed by atoms with Crippen molar-refractivity contribution < 1.29 is 42.7 Å². The van der Waals surface area contributed by atoms with Gasteiger partial charge in [-0.15, -0.1) is 0 Å². The molecule has 0 aliphatic rings. The second-order valence-corrected chi connectivity index (χ2v) is 11.3. The lowest BCUT2D eigenvalue weighted by molar-refractivity contribution is -0.145. The number of benzene rings is 2. The number of rotatable bonds is 22. The van der Waals surface area contributed by atoms with Gasteiger partial charge in [-0.05, 0) is 42.2 Å². The van der Waals surface area contributed by atoms with Crippen molar-refractivity contribution in [2.24, 2.45) is 5.73 Å². The first-order chi connectivity index (χ1) is 19.7. The summed E-state index contributed by atoms with van der Waals surface area (Å²) in [5, 5.41) is 8.75. The van der Waals surface area contributed by atoms with E-state index in [-0.39, 0.29) is 18.8 Å². The van der Waals surface area contributed by atoms with E-state index < -0.39 is 32.4 Å². The van der Waals surface area contributed by atoms with Crippen molar-refractivity contribution in [3.8, 4) is 11.5 Å². The number of carboxylic acid groups (broad SMARTS) is 1. The molecule has 0 amide bonds. The van der Waals surface area contributed by atoms with Gasteiger partial charge in [0.2, 0.25) is 0 Å². The van der Waals surface area contributed by atoms with Crippen molar-refractivity contribution in [2.75, 3.05) is 13.2 Å². The summed E-state index contributed by atoms with van der Waals surface area (Å²) in [6.07, 6.45) is 11.9. The second kappa shape index (κ2) is 19.3. The number of esters is 1. The van der Waals surface area contributed by atoms with Gasteiger partial charge in [-0.2, -0.15) is 0 Å². The van der Waals surface area contributed by atoms with Crippen LogP contribution < -0.4 is 15.0 Å². The number of para-hydroxylation sites is 1. The Morgan fingerprint density at radius 1 is 0.951 bits per heavy atom. The van der Waals surface area contributed by atoms with Gasteiger partial charge in [-0.1, -0.05) is 88.6 Å². The summed E-state index contributed by atoms with van der Waals surface area (Å²) in [7, 11) is -4.60. The molecule has 0 bridgehead atoms. The summed E-state index contributed by atoms with van der Waals surface area (Å²) < 4.78 is 33.0. The van der Waals surface area contributed by atoms with Crippen LogP contribution in [0.25, 0.3) is 0 Å². The van der Waals surface area contributed by atoms with Gasteiger partial charge in [0, 0.05) is 6.42 Å². The number of hydrogen-bond donors (Lipinski definition) is 3. The lowest BCUT2D eigenvalue weighted by Crippen LogP contribution is -2.34. The maximum atomic E-state index is 12.4. The van der Waals surface area contributed by atoms with Crippen molar-refractivity contribution in [2.45, 2.75) is 90.2 Å². The van der Waals surface area contributed by atoms with E-state index >= 15 is 0 Å². The first kappa shape index (κ1) is 34.3. The molecule has 4 N–H and O–H groups in total. The molecule has 0 aromatic heterocycles. The normalized spacial score (nSPS) is 13.2. The van der Waals surface area contributed by atoms with Crippen molar-refractivity contribution >= 4 is 19.8 Å². The zero-order valence-corrected chi connectivity index (χ0v) is 24.8. The fourth-order valence-electron chi connectivity index (χ4n) is 4.02. The average molecular weight is 594 g/mol. The Hall–Kier alpha value is -2.91. The SMILES string of the molecule is CCCCCCCCCCCOc1ccccc1CCC(=O)OCc1cccc(OP(=O)(O)OC[C@H](N)C(=O)O)c1. The van der Waals surface area contributed by atoms with Gasteiger partial charge in [0.25, 0.3) is 0 Å². The summed E-state index contributed by atoms with van der Waals surface area (Å²) in [6.45, 7) is 2.12. The van der Waals surface area contributed by atoms with Crippen molar-refractivity contribution in [1.82, 2.24) is 0 Å². The molecular formula is C30H44NO9P. The van der Waals surface area contributed by atoms with Crippen LogP contribution in [0.5, 0.6) is 11.5 Å². The number of hydrogen-bond acceptors (Lipinski definition) is 8. The molecule has 2 aromatic carbocycles. The summed E-state index contributed by atoms with van der Waals surface area (Å²) in [5.74, 6) is -1.00. The van der Waals surface area contributed by atoms with Crippen molar-refractivity contribution in [3.05, 3.63) is 59.7 Å². The van der Waals surface area contributed by atoms with Gasteiger partial charge < -0.3 is 24.8 Å². The first-order valence-corrected chi connectivity index (χ1v) is 15.8. The van der Waals surface area contributed by atoms with Gasteiger partial charge in [0.05, 0.1) is 13.2 Å². The molecule has 2 aromatic rings. The predicted octanol–water partition coefficient (Wildman–Crippen LogP) is 6.18. The van der Waals surface area contributed by atoms with Gasteiger partial charge >= 0.3 is 19.8 Å². The van der Waals surface area contributed by atoms with Gasteiger partial charge in [-0.3, -0.25) is 19.0 Å². The highest BCUT2D eigenvalue weighted by molar-refractivity contribution is 7.47. The summed E-state index contributed by atoms with van der Waals surface area (Å²) in [4.78, 5) is 33.0. The molecule has 10 nitrogen and oxygen atoms in total. The first-order valence-electron chi connectivity index (χ1n) is 14.3. The van der Waals surface area contributed by atoms with E-state index in [1.165, 1.54) is 57.1 Å². The fraction of sp³-hybridized carbons (Fsp3) is 0.533. The average Bonchev–Trinajstić information content (AvgIpc) is 2.95. The number of carboxylic acids is 1. The van der Waals surface area contributed by atoms with Crippen LogP contribution in [0.3, 0.4) is 0 Å². The van der Waals surface area contributed by atoms with E-state index in [9.17, 15) is 19.0 Å². The highest BCUT2D eigenvalue weighted by atomic mass is 31.2. The maximum Gasteiger partial charge on any atom is 0.527 e. The molecule has 0 fully saturated rings. The van der Waals surface area contributed by atoms with Crippen molar-refractivity contribution in [1.29, 1.82) is 0 Å². The minimum absolute atomic E-state index is 0.00803. The number of unbranched alkanes of at least 4 members (excludes halogenated alkanes) is 8. The Morgan fingerprint density at radius 2 is 1.63 bits per heavy atom. The molecular weight excluding hydrogens is 549 g/mol. The van der Waals surface area contributed by atoms with Crippen LogP contribution in [0.1, 0.15) is 82.3 Å². The van der Waals surface area contributed by atoms with E-state index in [1.807, 2.05) is 24.3 Å². The number of carbonyl (C=O) groups excluding carboxylic acids is 1. The Kier molecular flexibility index (Phi) is 16.1. The summed E-state index contributed by atoms with van der Waals surface area (Å²) in [5.41, 5.74) is 6.74. The standard InChI is InChI=1S/C30H44NO9P/c1-2-3-4-5-6-7-8-9-12-20-37-28-17-11-10-15-25(28)18-19-29(32)38-22-24-14-13-16-26(21-24)40-41(35,36)39-23-27(31)30(33)34/h10-11,13-17,21,27H,2-9,12,18-20,22-23,31H2,1H3,(H,33,34)(H,35,36)/t27-/m0/s1. The van der Waals surface area contributed by atoms with Crippen molar-refractivity contribution in [3.63, 3.8) is 0 Å². The molecule has 228 valence electrons. The predicted molar refractivity (Wildman–Crippen MR) is 156 cm³/mol. The monoisotopic (exact) mass is 593 g/mol. The molecule has 0 spiro atoms. The third kappa shape index (κ3) is 15.0. The van der Waals surface area contributed by atoms with Crippen LogP contribution >= 0.6 is 7.82 Å². The second-order valence-electron chi connectivity index (χ2n) is 9.89. The minimum Gasteiger partial charge on any atom is -0.493 e. The Morgan fingerprint density at radius 3 is 2.34 bits per heavy atom. The molecule has 1 unspecified atom stereocenters. The zero-order valence-electron chi connectivity index (χ0n) is 23.9. The number of nitrogens with two attached hydrogens (primary N) is 1. The third-order valence-corrected chi connectivity index (χ3v) is 7.25. The Labute approximate surface area is 242 Å². The molecule has 2 rings (SSSR count). The van der Waals surface area contributed by atoms with Gasteiger partial charge in [0.1, 0.15) is 24.1 Å². The van der Waals surface area contributed by atoms with E-state index in [4.69, 9.17) is 24.8 Å². The van der Waals surface area contributed by atoms with E-state index in [2.05, 4.69) is 11.4 Å². The molecule has 0 radical (unpaired) electrons. The zero-order chi connectivity index (χ0) is 29.9. The number of carbonyl (C=O) groups is 2. The van der Waals surface area contributed by atoms with E-state index in [0.717, 1.165) is 24.2 Å². The molecule has 0 saturated carbocycles. The molecule has 0 aliphatic heterocycles. The van der Waals surface area contributed by atoms with Crippen LogP contribution in [0.2, 0.25) is 0 Å². The summed E-state index contributed by atoms with van der Waals surface area (Å²) >= 11 is 0. The van der Waals surface area contributed by atoms with Crippen LogP contribution in [-0.4, -0.2) is 41.2 Å². The van der Waals surface area contributed by atoms with Gasteiger partial charge in [-0.25, -0.2) is 4.57 Å². The number of ether oxygens (including phenoxy) is 2. The Balaban J connectivity index is 1.71. The largest absolute Gasteiger partial charge is 0.527 e. The van der Waals surface area contributed by atoms with Crippen LogP contribution in [0.15, 0.2) is 48.5 Å². The Bertz CT molecular complexity index is 1110. The molecule has 11 heteroatoms. The van der Waals surface area contributed by atoms with Crippen LogP contribution in [-0.2, 0) is 36.4 Å². The molecule has 41 heavy (non-hydrogen) atoms. The maximum absolute atomic E-state index is 12.4. The quantitative estimate of drug-likeness (QED) is 0.0819. The molecule has 0 heterocycles. The number of phosphoric acid groups is 1. The van der Waals surface area contributed by atoms with Crippen LogP contribution in [0, 0.1) is 0 Å². The number of phosphoric ester groups is 1. The highest BCUT2D eigenvalue weighted by Crippen LogP contribution is 2.44. The smallest absolute Gasteiger partial charge is 0.493 e. The molecule has 0 saturated heterocycles. The molecule has 2 atom stereocenters. The topological polar surface area (TPSA) is 155 Å². The van der Waals surface area contributed by atoms with Crippen LogP contribution in [0.4, 0.5) is 0 Å². The lowest BCUT2D eigenvalue weighted by Gasteiger charge is -2.15. The third-order valence-electron chi connectivity index (χ3n) is 6.33. The number of aliphatic carboxylic acids is 1. The minimum atomic E-state index is -4.60. The molecule has 0 aliphatic carbocycles. The summed E-state index contributed by atoms with van der Waals surface area (Å²) in [6, 6.07) is 12.3. The highest BCUT2D eigenvalue weighted by Gasteiger charge is 2.26. The van der Waals surface area contributed by atoms with E-state index in [1.54, 1.807) is 12.1 Å². The fourth-order valence-corrected chi connectivity index (χ4v) is 4.80.